The maximum atomic E-state index is 11.1. The van der Waals surface area contributed by atoms with Crippen molar-refractivity contribution in [1.82, 2.24) is 0 Å². The third-order valence-electron chi connectivity index (χ3n) is 1.82. The molecule has 0 amide bonds. The molecule has 0 saturated carbocycles. The maximum absolute atomic E-state index is 11.1. The largest absolute Gasteiger partial charge is 0.295 e. The lowest BCUT2D eigenvalue weighted by Gasteiger charge is -1.98. The summed E-state index contributed by atoms with van der Waals surface area (Å²) in [5, 5.41) is 0.504. The monoisotopic (exact) mass is 240 g/mol. The van der Waals surface area contributed by atoms with Crippen LogP contribution in [0.3, 0.4) is 0 Å². The van der Waals surface area contributed by atoms with E-state index in [1.54, 1.807) is 18.2 Å². The molecule has 1 nitrogen and oxygen atoms in total. The van der Waals surface area contributed by atoms with Crippen molar-refractivity contribution >= 4 is 29.0 Å². The Bertz CT molecular complexity index is 427. The number of carbonyl (C=O) groups excluding carboxylic acids is 1. The molecule has 1 rings (SSSR count). The Hall–Kier alpha value is -0.970. The van der Waals surface area contributed by atoms with Gasteiger partial charge in [0.2, 0.25) is 0 Å². The van der Waals surface area contributed by atoms with Crippen molar-refractivity contribution in [2.75, 3.05) is 5.88 Å². The minimum absolute atomic E-state index is 0.00262. The first-order valence-electron chi connectivity index (χ1n) is 4.50. The van der Waals surface area contributed by atoms with Crippen molar-refractivity contribution < 1.29 is 4.79 Å². The summed E-state index contributed by atoms with van der Waals surface area (Å²) < 4.78 is 0. The quantitative estimate of drug-likeness (QED) is 0.439. The van der Waals surface area contributed by atoms with Crippen LogP contribution in [0.5, 0.6) is 0 Å². The lowest BCUT2D eigenvalue weighted by Crippen LogP contribution is -1.92. The van der Waals surface area contributed by atoms with Crippen LogP contribution in [0, 0.1) is 11.8 Å². The van der Waals surface area contributed by atoms with Crippen molar-refractivity contribution in [3.63, 3.8) is 0 Å². The number of benzene rings is 1. The number of hydrogen-bond acceptors (Lipinski definition) is 1. The highest BCUT2D eigenvalue weighted by Crippen LogP contribution is 2.17. The highest BCUT2D eigenvalue weighted by Gasteiger charge is 2.02. The normalized spacial score (nSPS) is 9.27. The van der Waals surface area contributed by atoms with Gasteiger partial charge in [-0.2, -0.15) is 0 Å². The van der Waals surface area contributed by atoms with Crippen molar-refractivity contribution in [3.8, 4) is 11.8 Å². The second-order valence-electron chi connectivity index (χ2n) is 2.99. The fourth-order valence-corrected chi connectivity index (χ4v) is 1.36. The van der Waals surface area contributed by atoms with Crippen LogP contribution in [-0.2, 0) is 0 Å². The molecule has 0 radical (unpaired) electrons. The van der Waals surface area contributed by atoms with Crippen LogP contribution in [0.15, 0.2) is 18.2 Å². The molecule has 0 aliphatic rings. The molecular weight excluding hydrogens is 231 g/mol. The third kappa shape index (κ3) is 3.58. The predicted octanol–water partition coefficient (Wildman–Crippen LogP) is 3.52. The van der Waals surface area contributed by atoms with E-state index in [0.717, 1.165) is 5.56 Å². The summed E-state index contributed by atoms with van der Waals surface area (Å²) in [4.78, 5) is 11.1. The van der Waals surface area contributed by atoms with Crippen LogP contribution in [0.25, 0.3) is 0 Å². The van der Waals surface area contributed by atoms with Crippen LogP contribution in [0.1, 0.15) is 29.3 Å². The van der Waals surface area contributed by atoms with Gasteiger partial charge >= 0.3 is 0 Å². The van der Waals surface area contributed by atoms with Gasteiger partial charge < -0.3 is 0 Å². The molecule has 0 aliphatic carbocycles. The van der Waals surface area contributed by atoms with E-state index >= 15 is 0 Å². The van der Waals surface area contributed by atoms with Crippen molar-refractivity contribution in [1.29, 1.82) is 0 Å². The number of halogens is 2. The predicted molar refractivity (Wildman–Crippen MR) is 63.7 cm³/mol. The molecular formula is C12H10Cl2O. The van der Waals surface area contributed by atoms with E-state index < -0.39 is 0 Å². The second kappa shape index (κ2) is 5.80. The van der Waals surface area contributed by atoms with Gasteiger partial charge in [0.15, 0.2) is 5.78 Å². The molecule has 3 heteroatoms. The summed E-state index contributed by atoms with van der Waals surface area (Å²) in [6, 6.07) is 5.10. The topological polar surface area (TPSA) is 17.1 Å². The summed E-state index contributed by atoms with van der Waals surface area (Å²) in [6.07, 6.45) is 0.631. The Morgan fingerprint density at radius 2 is 2.20 bits per heavy atom. The van der Waals surface area contributed by atoms with Crippen LogP contribution in [0.4, 0.5) is 0 Å². The van der Waals surface area contributed by atoms with E-state index in [-0.39, 0.29) is 5.78 Å². The molecule has 0 aliphatic heterocycles. The Labute approximate surface area is 99.4 Å². The van der Waals surface area contributed by atoms with E-state index in [1.807, 2.05) is 0 Å². The maximum Gasteiger partial charge on any atom is 0.159 e. The zero-order valence-corrected chi connectivity index (χ0v) is 9.82. The fraction of sp³-hybridized carbons (Fsp3) is 0.250. The highest BCUT2D eigenvalue weighted by molar-refractivity contribution is 6.32. The van der Waals surface area contributed by atoms with Gasteiger partial charge in [-0.1, -0.05) is 29.5 Å². The lowest BCUT2D eigenvalue weighted by molar-refractivity contribution is 0.101. The van der Waals surface area contributed by atoms with Crippen LogP contribution >= 0.6 is 23.2 Å². The molecule has 0 saturated heterocycles. The van der Waals surface area contributed by atoms with E-state index in [0.29, 0.717) is 22.9 Å². The van der Waals surface area contributed by atoms with Crippen LogP contribution in [-0.4, -0.2) is 11.7 Å². The van der Waals surface area contributed by atoms with E-state index in [1.165, 1.54) is 6.92 Å². The van der Waals surface area contributed by atoms with Crippen molar-refractivity contribution in [2.45, 2.75) is 13.3 Å². The molecule has 0 fully saturated rings. The van der Waals surface area contributed by atoms with Gasteiger partial charge in [0.05, 0.1) is 5.02 Å². The number of hydrogen-bond donors (Lipinski definition) is 0. The number of ketones is 1. The van der Waals surface area contributed by atoms with Crippen LogP contribution < -0.4 is 0 Å². The number of rotatable bonds is 2. The molecule has 0 aromatic heterocycles. The minimum atomic E-state index is -0.00262. The molecule has 15 heavy (non-hydrogen) atoms. The minimum Gasteiger partial charge on any atom is -0.295 e. The zero-order valence-electron chi connectivity index (χ0n) is 8.31. The molecule has 1 aromatic rings. The van der Waals surface area contributed by atoms with E-state index in [4.69, 9.17) is 23.2 Å². The Kier molecular flexibility index (Phi) is 4.68. The highest BCUT2D eigenvalue weighted by atomic mass is 35.5. The van der Waals surface area contributed by atoms with Gasteiger partial charge in [0.25, 0.3) is 0 Å². The zero-order chi connectivity index (χ0) is 11.3. The summed E-state index contributed by atoms with van der Waals surface area (Å²) in [5.41, 5.74) is 1.33. The number of alkyl halides is 1. The SMILES string of the molecule is CC(=O)c1ccc(C#CCCCl)c(Cl)c1. The second-order valence-corrected chi connectivity index (χ2v) is 3.78. The first-order chi connectivity index (χ1) is 7.15. The van der Waals surface area contributed by atoms with Gasteiger partial charge in [-0.3, -0.25) is 4.79 Å². The molecule has 0 atom stereocenters. The number of carbonyl (C=O) groups is 1. The van der Waals surface area contributed by atoms with Gasteiger partial charge in [0.1, 0.15) is 0 Å². The summed E-state index contributed by atoms with van der Waals surface area (Å²) in [7, 11) is 0. The average molecular weight is 241 g/mol. The third-order valence-corrected chi connectivity index (χ3v) is 2.32. The van der Waals surface area contributed by atoms with Crippen molar-refractivity contribution in [2.24, 2.45) is 0 Å². The smallest absolute Gasteiger partial charge is 0.159 e. The van der Waals surface area contributed by atoms with E-state index in [9.17, 15) is 4.79 Å². The van der Waals surface area contributed by atoms with Crippen LogP contribution in [0.2, 0.25) is 5.02 Å². The first-order valence-corrected chi connectivity index (χ1v) is 5.41. The average Bonchev–Trinajstić information content (AvgIpc) is 2.20. The molecule has 78 valence electrons. The fourth-order valence-electron chi connectivity index (χ4n) is 1.04. The lowest BCUT2D eigenvalue weighted by atomic mass is 10.1. The molecule has 0 N–H and O–H groups in total. The summed E-state index contributed by atoms with van der Waals surface area (Å²) in [5.74, 6) is 6.30. The molecule has 0 heterocycles. The Balaban J connectivity index is 2.95. The molecule has 1 aromatic carbocycles. The Morgan fingerprint density at radius 1 is 1.47 bits per heavy atom. The van der Waals surface area contributed by atoms with Crippen molar-refractivity contribution in [3.05, 3.63) is 34.3 Å². The van der Waals surface area contributed by atoms with Gasteiger partial charge in [-0.15, -0.1) is 11.6 Å². The molecule has 0 bridgehead atoms. The summed E-state index contributed by atoms with van der Waals surface area (Å²) >= 11 is 11.5. The first kappa shape index (κ1) is 12.1. The molecule has 0 spiro atoms. The van der Waals surface area contributed by atoms with Gasteiger partial charge in [-0.25, -0.2) is 0 Å². The Morgan fingerprint density at radius 3 is 2.73 bits per heavy atom. The van der Waals surface area contributed by atoms with Gasteiger partial charge in [0, 0.05) is 23.4 Å². The van der Waals surface area contributed by atoms with Gasteiger partial charge in [-0.05, 0) is 19.1 Å². The standard InChI is InChI=1S/C12H10Cl2O/c1-9(15)11-6-5-10(12(14)8-11)4-2-3-7-13/h5-6,8H,3,7H2,1H3. The summed E-state index contributed by atoms with van der Waals surface area (Å²) in [6.45, 7) is 1.50. The molecule has 0 unspecified atom stereocenters. The number of Topliss-reactive ketones (excluding diaryl/α,β-unsaturated/α-hetero) is 1. The van der Waals surface area contributed by atoms with E-state index in [2.05, 4.69) is 11.8 Å².